The summed E-state index contributed by atoms with van der Waals surface area (Å²) in [4.78, 5) is 26.0. The highest BCUT2D eigenvalue weighted by molar-refractivity contribution is 7.18. The molecule has 0 aliphatic heterocycles. The molecule has 0 fully saturated rings. The zero-order valence-corrected chi connectivity index (χ0v) is 16.1. The smallest absolute Gasteiger partial charge is 0.251 e. The normalized spacial score (nSPS) is 22.4. The topological polar surface area (TPSA) is 141 Å². The molecular formula is C19H25N5O2S. The molecule has 0 bridgehead atoms. The minimum Gasteiger partial charge on any atom is -0.401 e. The van der Waals surface area contributed by atoms with Crippen LogP contribution >= 0.6 is 11.3 Å². The summed E-state index contributed by atoms with van der Waals surface area (Å²) in [6.07, 6.45) is 11.1. The number of rotatable bonds is 5. The number of Topliss-reactive ketones (excluding diaryl/α,β-unsaturated/α-hetero) is 1. The quantitative estimate of drug-likeness (QED) is 0.448. The van der Waals surface area contributed by atoms with Gasteiger partial charge in [-0.3, -0.25) is 9.59 Å². The lowest BCUT2D eigenvalue weighted by atomic mass is 9.64. The van der Waals surface area contributed by atoms with Gasteiger partial charge in [-0.2, -0.15) is 0 Å². The molecule has 1 aromatic heterocycles. The van der Waals surface area contributed by atoms with E-state index in [0.29, 0.717) is 40.4 Å². The minimum atomic E-state index is -0.785. The number of hydrogen-bond donors (Lipinski definition) is 4. The first kappa shape index (κ1) is 19.2. The molecule has 0 saturated carbocycles. The van der Waals surface area contributed by atoms with Crippen molar-refractivity contribution < 1.29 is 9.59 Å². The first-order chi connectivity index (χ1) is 12.8. The van der Waals surface area contributed by atoms with Crippen LogP contribution in [0.4, 0.5) is 5.00 Å². The molecule has 7 nitrogen and oxygen atoms in total. The third kappa shape index (κ3) is 3.38. The van der Waals surface area contributed by atoms with E-state index in [1.807, 2.05) is 6.08 Å². The zero-order chi connectivity index (χ0) is 19.8. The van der Waals surface area contributed by atoms with Crippen molar-refractivity contribution in [2.45, 2.75) is 32.1 Å². The van der Waals surface area contributed by atoms with Crippen molar-refractivity contribution in [1.82, 2.24) is 5.01 Å². The molecule has 0 spiro atoms. The van der Waals surface area contributed by atoms with Crippen molar-refractivity contribution in [2.24, 2.45) is 22.7 Å². The van der Waals surface area contributed by atoms with Crippen molar-refractivity contribution in [3.05, 3.63) is 51.7 Å². The van der Waals surface area contributed by atoms with Gasteiger partial charge in [0.1, 0.15) is 0 Å². The number of hydrazine groups is 1. The second-order valence-corrected chi connectivity index (χ2v) is 8.16. The number of amides is 1. The SMILES string of the molecule is CN(N)/C=C(\N)CC1(C2=CCCC=C2)CCc2c(sc(N)c2C(N)=O)C1=O. The van der Waals surface area contributed by atoms with Gasteiger partial charge in [0, 0.05) is 25.4 Å². The number of allylic oxidation sites excluding steroid dienone is 5. The Bertz CT molecular complexity index is 881. The number of thiophene rings is 1. The van der Waals surface area contributed by atoms with E-state index in [2.05, 4.69) is 12.2 Å². The fourth-order valence-electron chi connectivity index (χ4n) is 4.02. The second kappa shape index (κ2) is 7.21. The Labute approximate surface area is 162 Å². The molecule has 1 aromatic rings. The fourth-order valence-corrected chi connectivity index (χ4v) is 5.18. The molecule has 144 valence electrons. The van der Waals surface area contributed by atoms with E-state index in [-0.39, 0.29) is 11.3 Å². The Morgan fingerprint density at radius 3 is 2.70 bits per heavy atom. The molecule has 1 heterocycles. The Morgan fingerprint density at radius 2 is 2.11 bits per heavy atom. The van der Waals surface area contributed by atoms with Crippen LogP contribution in [-0.2, 0) is 6.42 Å². The van der Waals surface area contributed by atoms with Crippen LogP contribution in [0.25, 0.3) is 0 Å². The summed E-state index contributed by atoms with van der Waals surface area (Å²) in [5.41, 5.74) is 19.3. The lowest BCUT2D eigenvalue weighted by Gasteiger charge is -2.38. The van der Waals surface area contributed by atoms with Gasteiger partial charge in [-0.25, -0.2) is 5.84 Å². The molecule has 8 heteroatoms. The van der Waals surface area contributed by atoms with Crippen molar-refractivity contribution in [3.63, 3.8) is 0 Å². The summed E-state index contributed by atoms with van der Waals surface area (Å²) in [6, 6.07) is 0. The van der Waals surface area contributed by atoms with Crippen LogP contribution < -0.4 is 23.0 Å². The van der Waals surface area contributed by atoms with Crippen LogP contribution in [-0.4, -0.2) is 23.7 Å². The summed E-state index contributed by atoms with van der Waals surface area (Å²) in [6.45, 7) is 0. The van der Waals surface area contributed by atoms with E-state index >= 15 is 0 Å². The van der Waals surface area contributed by atoms with Gasteiger partial charge in [-0.05, 0) is 36.8 Å². The first-order valence-corrected chi connectivity index (χ1v) is 9.64. The van der Waals surface area contributed by atoms with E-state index in [9.17, 15) is 9.59 Å². The van der Waals surface area contributed by atoms with Crippen LogP contribution in [0.1, 0.15) is 51.3 Å². The maximum Gasteiger partial charge on any atom is 0.251 e. The van der Waals surface area contributed by atoms with Crippen molar-refractivity contribution in [2.75, 3.05) is 12.8 Å². The number of nitrogen functional groups attached to an aromatic ring is 1. The van der Waals surface area contributed by atoms with Gasteiger partial charge < -0.3 is 22.2 Å². The summed E-state index contributed by atoms with van der Waals surface area (Å²) in [7, 11) is 1.68. The van der Waals surface area contributed by atoms with Gasteiger partial charge in [0.15, 0.2) is 5.78 Å². The van der Waals surface area contributed by atoms with E-state index in [0.717, 1.165) is 29.8 Å². The largest absolute Gasteiger partial charge is 0.401 e. The number of hydrogen-bond acceptors (Lipinski definition) is 7. The molecule has 27 heavy (non-hydrogen) atoms. The molecule has 8 N–H and O–H groups in total. The molecule has 0 saturated heterocycles. The van der Waals surface area contributed by atoms with Crippen LogP contribution in [0.3, 0.4) is 0 Å². The maximum atomic E-state index is 13.6. The Hall–Kier alpha value is -2.58. The average molecular weight is 388 g/mol. The van der Waals surface area contributed by atoms with Crippen LogP contribution in [0.2, 0.25) is 0 Å². The lowest BCUT2D eigenvalue weighted by Crippen LogP contribution is -2.39. The van der Waals surface area contributed by atoms with E-state index < -0.39 is 11.3 Å². The molecule has 2 aliphatic rings. The zero-order valence-electron chi connectivity index (χ0n) is 15.3. The number of fused-ring (bicyclic) bond motifs is 1. The number of carbonyl (C=O) groups is 2. The predicted octanol–water partition coefficient (Wildman–Crippen LogP) is 1.82. The number of ketones is 1. The van der Waals surface area contributed by atoms with E-state index in [1.54, 1.807) is 13.2 Å². The molecule has 0 aromatic carbocycles. The number of carbonyl (C=O) groups excluding carboxylic acids is 2. The molecule has 3 rings (SSSR count). The summed E-state index contributed by atoms with van der Waals surface area (Å²) in [5, 5.41) is 1.68. The number of primary amides is 1. The summed E-state index contributed by atoms with van der Waals surface area (Å²) in [5.74, 6) is 5.04. The highest BCUT2D eigenvalue weighted by Gasteiger charge is 2.47. The van der Waals surface area contributed by atoms with Gasteiger partial charge in [0.05, 0.1) is 20.9 Å². The summed E-state index contributed by atoms with van der Waals surface area (Å²) >= 11 is 1.14. The fraction of sp³-hybridized carbons (Fsp3) is 0.368. The molecule has 2 aliphatic carbocycles. The average Bonchev–Trinajstić information content (AvgIpc) is 2.94. The third-order valence-electron chi connectivity index (χ3n) is 5.15. The van der Waals surface area contributed by atoms with Gasteiger partial charge in [-0.15, -0.1) is 11.3 Å². The molecule has 0 radical (unpaired) electrons. The first-order valence-electron chi connectivity index (χ1n) is 8.83. The van der Waals surface area contributed by atoms with Crippen LogP contribution in [0.5, 0.6) is 0 Å². The second-order valence-electron chi connectivity index (χ2n) is 7.11. The number of nitrogens with two attached hydrogens (primary N) is 4. The van der Waals surface area contributed by atoms with Crippen LogP contribution in [0.15, 0.2) is 35.7 Å². The Balaban J connectivity index is 2.11. The highest BCUT2D eigenvalue weighted by Crippen LogP contribution is 2.50. The molecular weight excluding hydrogens is 362 g/mol. The third-order valence-corrected chi connectivity index (χ3v) is 6.21. The number of anilines is 1. The van der Waals surface area contributed by atoms with E-state index in [1.165, 1.54) is 5.01 Å². The number of nitrogens with zero attached hydrogens (tertiary/aromatic N) is 1. The lowest BCUT2D eigenvalue weighted by molar-refractivity contribution is 0.0817. The van der Waals surface area contributed by atoms with E-state index in [4.69, 9.17) is 23.0 Å². The van der Waals surface area contributed by atoms with Gasteiger partial charge in [0.2, 0.25) is 0 Å². The standard InChI is InChI=1S/C19H25N5O2S/c1-24(23)10-12(20)9-19(11-5-3-2-4-6-11)8-7-13-14(17(21)26)18(22)27-15(13)16(19)25/h3,5-6,10H,2,4,7-9,20,22-23H2,1H3,(H2,21,26)/b12-10-. The monoisotopic (exact) mass is 387 g/mol. The highest BCUT2D eigenvalue weighted by atomic mass is 32.1. The molecule has 1 atom stereocenters. The van der Waals surface area contributed by atoms with Crippen molar-refractivity contribution >= 4 is 28.0 Å². The van der Waals surface area contributed by atoms with Crippen LogP contribution in [0, 0.1) is 5.41 Å². The maximum absolute atomic E-state index is 13.6. The van der Waals surface area contributed by atoms with Gasteiger partial charge in [-0.1, -0.05) is 18.2 Å². The Morgan fingerprint density at radius 1 is 1.37 bits per heavy atom. The Kier molecular flexibility index (Phi) is 5.12. The minimum absolute atomic E-state index is 0.0539. The molecule has 1 amide bonds. The van der Waals surface area contributed by atoms with Gasteiger partial charge >= 0.3 is 0 Å². The van der Waals surface area contributed by atoms with Crippen molar-refractivity contribution in [3.8, 4) is 0 Å². The van der Waals surface area contributed by atoms with Gasteiger partial charge in [0.25, 0.3) is 5.91 Å². The molecule has 1 unspecified atom stereocenters. The predicted molar refractivity (Wildman–Crippen MR) is 108 cm³/mol. The summed E-state index contributed by atoms with van der Waals surface area (Å²) < 4.78 is 0. The van der Waals surface area contributed by atoms with Crippen molar-refractivity contribution in [1.29, 1.82) is 0 Å².